The van der Waals surface area contributed by atoms with Crippen LogP contribution in [0.15, 0.2) is 24.3 Å². The van der Waals surface area contributed by atoms with E-state index in [4.69, 9.17) is 10.5 Å². The molecule has 1 aromatic rings. The van der Waals surface area contributed by atoms with Gasteiger partial charge in [-0.1, -0.05) is 39.8 Å². The van der Waals surface area contributed by atoms with E-state index in [1.165, 1.54) is 12.0 Å². The van der Waals surface area contributed by atoms with Gasteiger partial charge in [-0.15, -0.1) is 0 Å². The van der Waals surface area contributed by atoms with Gasteiger partial charge in [0.2, 0.25) is 0 Å². The molecule has 0 radical (unpaired) electrons. The maximum atomic E-state index is 6.27. The summed E-state index contributed by atoms with van der Waals surface area (Å²) in [5.74, 6) is 1.61. The molecule has 2 heteroatoms. The monoisotopic (exact) mass is 277 g/mol. The Labute approximate surface area is 124 Å². The second-order valence-electron chi connectivity index (χ2n) is 7.25. The Balaban J connectivity index is 2.33. The lowest BCUT2D eigenvalue weighted by Gasteiger charge is -2.25. The number of hydrogen-bond donors (Lipinski definition) is 1. The van der Waals surface area contributed by atoms with Crippen molar-refractivity contribution in [2.75, 3.05) is 7.11 Å². The summed E-state index contributed by atoms with van der Waals surface area (Å²) >= 11 is 0. The third-order valence-corrected chi connectivity index (χ3v) is 3.63. The fraction of sp³-hybridized carbons (Fsp3) is 0.667. The molecule has 2 unspecified atom stereocenters. The van der Waals surface area contributed by atoms with Crippen LogP contribution in [0.1, 0.15) is 52.5 Å². The average molecular weight is 277 g/mol. The summed E-state index contributed by atoms with van der Waals surface area (Å²) in [4.78, 5) is 0. The molecule has 2 N–H and O–H groups in total. The quantitative estimate of drug-likeness (QED) is 0.801. The van der Waals surface area contributed by atoms with Crippen molar-refractivity contribution in [2.24, 2.45) is 17.1 Å². The van der Waals surface area contributed by atoms with E-state index in [1.807, 2.05) is 12.1 Å². The summed E-state index contributed by atoms with van der Waals surface area (Å²) in [6.07, 6.45) is 4.46. The number of benzene rings is 1. The third kappa shape index (κ3) is 6.95. The molecule has 0 aliphatic carbocycles. The van der Waals surface area contributed by atoms with E-state index < -0.39 is 0 Å². The van der Waals surface area contributed by atoms with Gasteiger partial charge in [-0.25, -0.2) is 0 Å². The average Bonchev–Trinajstić information content (AvgIpc) is 2.34. The molecule has 1 aromatic carbocycles. The number of ether oxygens (including phenoxy) is 1. The van der Waals surface area contributed by atoms with Gasteiger partial charge in [-0.3, -0.25) is 0 Å². The fourth-order valence-corrected chi connectivity index (χ4v) is 2.91. The molecule has 0 aliphatic heterocycles. The zero-order valence-corrected chi connectivity index (χ0v) is 13.8. The maximum Gasteiger partial charge on any atom is 0.118 e. The smallest absolute Gasteiger partial charge is 0.118 e. The first-order chi connectivity index (χ1) is 9.30. The summed E-state index contributed by atoms with van der Waals surface area (Å²) in [6, 6.07) is 8.59. The van der Waals surface area contributed by atoms with Crippen LogP contribution in [0.25, 0.3) is 0 Å². The van der Waals surface area contributed by atoms with Gasteiger partial charge < -0.3 is 10.5 Å². The molecule has 0 bridgehead atoms. The van der Waals surface area contributed by atoms with E-state index in [2.05, 4.69) is 39.8 Å². The Morgan fingerprint density at radius 1 is 1.15 bits per heavy atom. The van der Waals surface area contributed by atoms with E-state index in [0.717, 1.165) is 25.0 Å². The van der Waals surface area contributed by atoms with Gasteiger partial charge in [-0.05, 0) is 54.7 Å². The highest BCUT2D eigenvalue weighted by Crippen LogP contribution is 2.27. The van der Waals surface area contributed by atoms with Crippen LogP contribution >= 0.6 is 0 Å². The van der Waals surface area contributed by atoms with Crippen molar-refractivity contribution < 1.29 is 4.74 Å². The van der Waals surface area contributed by atoms with Gasteiger partial charge in [-0.2, -0.15) is 0 Å². The second-order valence-corrected chi connectivity index (χ2v) is 7.25. The minimum absolute atomic E-state index is 0.300. The number of methoxy groups -OCH3 is 1. The van der Waals surface area contributed by atoms with Crippen molar-refractivity contribution in [2.45, 2.75) is 59.4 Å². The minimum Gasteiger partial charge on any atom is -0.497 e. The predicted molar refractivity (Wildman–Crippen MR) is 87.1 cm³/mol. The van der Waals surface area contributed by atoms with Gasteiger partial charge in [0.25, 0.3) is 0 Å². The van der Waals surface area contributed by atoms with Crippen molar-refractivity contribution in [1.29, 1.82) is 0 Å². The van der Waals surface area contributed by atoms with Crippen LogP contribution in [-0.4, -0.2) is 13.2 Å². The summed E-state index contributed by atoms with van der Waals surface area (Å²) in [5.41, 5.74) is 8.01. The Morgan fingerprint density at radius 2 is 1.75 bits per heavy atom. The molecule has 2 atom stereocenters. The molecule has 0 saturated heterocycles. The van der Waals surface area contributed by atoms with Crippen LogP contribution in [-0.2, 0) is 6.42 Å². The zero-order valence-electron chi connectivity index (χ0n) is 13.8. The first kappa shape index (κ1) is 17.0. The third-order valence-electron chi connectivity index (χ3n) is 3.63. The number of nitrogens with two attached hydrogens (primary N) is 1. The highest BCUT2D eigenvalue weighted by atomic mass is 16.5. The molecular weight excluding hydrogens is 246 g/mol. The molecule has 2 nitrogen and oxygen atoms in total. The van der Waals surface area contributed by atoms with Crippen LogP contribution < -0.4 is 10.5 Å². The molecule has 0 saturated carbocycles. The van der Waals surface area contributed by atoms with Crippen LogP contribution in [0, 0.1) is 11.3 Å². The Hall–Kier alpha value is -1.02. The Bertz CT molecular complexity index is 377. The molecule has 114 valence electrons. The second kappa shape index (κ2) is 7.68. The van der Waals surface area contributed by atoms with Crippen LogP contribution in [0.4, 0.5) is 0 Å². The lowest BCUT2D eigenvalue weighted by molar-refractivity contribution is 0.283. The van der Waals surface area contributed by atoms with Crippen molar-refractivity contribution in [1.82, 2.24) is 0 Å². The Morgan fingerprint density at radius 3 is 2.25 bits per heavy atom. The van der Waals surface area contributed by atoms with E-state index in [0.29, 0.717) is 17.4 Å². The van der Waals surface area contributed by atoms with Gasteiger partial charge in [0, 0.05) is 6.04 Å². The largest absolute Gasteiger partial charge is 0.497 e. The van der Waals surface area contributed by atoms with Gasteiger partial charge >= 0.3 is 0 Å². The molecular formula is C18H31NO. The molecule has 0 aliphatic rings. The molecule has 0 spiro atoms. The van der Waals surface area contributed by atoms with Crippen LogP contribution in [0.2, 0.25) is 0 Å². The van der Waals surface area contributed by atoms with E-state index in [1.54, 1.807) is 7.11 Å². The first-order valence-electron chi connectivity index (χ1n) is 7.68. The highest BCUT2D eigenvalue weighted by Gasteiger charge is 2.17. The normalized spacial score (nSPS) is 14.9. The summed E-state index contributed by atoms with van der Waals surface area (Å²) < 4.78 is 5.17. The number of hydrogen-bond acceptors (Lipinski definition) is 2. The molecule has 1 rings (SSSR count). The maximum absolute atomic E-state index is 6.27. The van der Waals surface area contributed by atoms with Crippen molar-refractivity contribution in [3.8, 4) is 5.75 Å². The standard InChI is InChI=1S/C18H31NO/c1-14(13-18(2,3)4)12-16(19)9-6-15-7-10-17(20-5)11-8-15/h7-8,10-11,14,16H,6,9,12-13,19H2,1-5H3. The molecule has 20 heavy (non-hydrogen) atoms. The topological polar surface area (TPSA) is 35.2 Å². The van der Waals surface area contributed by atoms with E-state index in [9.17, 15) is 0 Å². The first-order valence-corrected chi connectivity index (χ1v) is 7.68. The molecule has 0 fully saturated rings. The zero-order chi connectivity index (χ0) is 15.2. The molecule has 0 amide bonds. The van der Waals surface area contributed by atoms with E-state index >= 15 is 0 Å². The van der Waals surface area contributed by atoms with Crippen molar-refractivity contribution in [3.05, 3.63) is 29.8 Å². The van der Waals surface area contributed by atoms with E-state index in [-0.39, 0.29) is 0 Å². The number of rotatable bonds is 7. The van der Waals surface area contributed by atoms with Gasteiger partial charge in [0.05, 0.1) is 7.11 Å². The molecule has 0 aromatic heterocycles. The minimum atomic E-state index is 0.300. The number of aryl methyl sites for hydroxylation is 1. The van der Waals surface area contributed by atoms with Gasteiger partial charge in [0.1, 0.15) is 5.75 Å². The highest BCUT2D eigenvalue weighted by molar-refractivity contribution is 5.27. The van der Waals surface area contributed by atoms with Gasteiger partial charge in [0.15, 0.2) is 0 Å². The van der Waals surface area contributed by atoms with Crippen molar-refractivity contribution in [3.63, 3.8) is 0 Å². The lowest BCUT2D eigenvalue weighted by atomic mass is 9.82. The lowest BCUT2D eigenvalue weighted by Crippen LogP contribution is -2.25. The SMILES string of the molecule is COc1ccc(CCC(N)CC(C)CC(C)(C)C)cc1. The van der Waals surface area contributed by atoms with Crippen LogP contribution in [0.5, 0.6) is 5.75 Å². The van der Waals surface area contributed by atoms with Crippen molar-refractivity contribution >= 4 is 0 Å². The predicted octanol–water partition coefficient (Wildman–Crippen LogP) is 4.42. The van der Waals surface area contributed by atoms with Crippen LogP contribution in [0.3, 0.4) is 0 Å². The Kier molecular flexibility index (Phi) is 6.54. The molecule has 0 heterocycles. The fourth-order valence-electron chi connectivity index (χ4n) is 2.91. The summed E-state index contributed by atoms with van der Waals surface area (Å²) in [5, 5.41) is 0. The summed E-state index contributed by atoms with van der Waals surface area (Å²) in [7, 11) is 1.70. The summed E-state index contributed by atoms with van der Waals surface area (Å²) in [6.45, 7) is 9.21.